The number of carbonyl (C=O) groups is 1. The van der Waals surface area contributed by atoms with Crippen LogP contribution in [0.4, 0.5) is 0 Å². The SMILES string of the molecule is COc1cc(C(C)NC(=O)C2CCCCC2)ccc1OCC(C)C. The van der Waals surface area contributed by atoms with Gasteiger partial charge in [0.25, 0.3) is 0 Å². The van der Waals surface area contributed by atoms with E-state index in [-0.39, 0.29) is 17.9 Å². The van der Waals surface area contributed by atoms with Gasteiger partial charge in [0.05, 0.1) is 19.8 Å². The van der Waals surface area contributed by atoms with E-state index in [1.54, 1.807) is 7.11 Å². The monoisotopic (exact) mass is 333 g/mol. The van der Waals surface area contributed by atoms with E-state index in [0.29, 0.717) is 18.3 Å². The summed E-state index contributed by atoms with van der Waals surface area (Å²) >= 11 is 0. The Morgan fingerprint density at radius 1 is 1.17 bits per heavy atom. The van der Waals surface area contributed by atoms with Crippen LogP contribution in [0.15, 0.2) is 18.2 Å². The van der Waals surface area contributed by atoms with Gasteiger partial charge in [0, 0.05) is 5.92 Å². The molecule has 1 unspecified atom stereocenters. The molecule has 0 heterocycles. The van der Waals surface area contributed by atoms with Crippen LogP contribution < -0.4 is 14.8 Å². The maximum absolute atomic E-state index is 12.4. The average Bonchev–Trinajstić information content (AvgIpc) is 2.60. The number of nitrogens with one attached hydrogen (secondary N) is 1. The summed E-state index contributed by atoms with van der Waals surface area (Å²) in [4.78, 5) is 12.4. The van der Waals surface area contributed by atoms with Crippen LogP contribution in [0.2, 0.25) is 0 Å². The maximum atomic E-state index is 12.4. The quantitative estimate of drug-likeness (QED) is 0.800. The first-order valence-corrected chi connectivity index (χ1v) is 9.12. The molecule has 0 aromatic heterocycles. The number of methoxy groups -OCH3 is 1. The number of carbonyl (C=O) groups excluding carboxylic acids is 1. The molecule has 1 aromatic carbocycles. The molecule has 1 aliphatic carbocycles. The van der Waals surface area contributed by atoms with Crippen LogP contribution in [0.25, 0.3) is 0 Å². The molecule has 1 aromatic rings. The largest absolute Gasteiger partial charge is 0.493 e. The number of rotatable bonds is 7. The van der Waals surface area contributed by atoms with E-state index in [4.69, 9.17) is 9.47 Å². The molecule has 134 valence electrons. The van der Waals surface area contributed by atoms with Crippen LogP contribution >= 0.6 is 0 Å². The van der Waals surface area contributed by atoms with Crippen molar-refractivity contribution in [2.24, 2.45) is 11.8 Å². The molecule has 1 aliphatic rings. The van der Waals surface area contributed by atoms with Crippen molar-refractivity contribution in [2.75, 3.05) is 13.7 Å². The van der Waals surface area contributed by atoms with E-state index < -0.39 is 0 Å². The molecule has 0 spiro atoms. The predicted molar refractivity (Wildman–Crippen MR) is 96.5 cm³/mol. The summed E-state index contributed by atoms with van der Waals surface area (Å²) < 4.78 is 11.2. The highest BCUT2D eigenvalue weighted by Gasteiger charge is 2.23. The molecular formula is C20H31NO3. The minimum Gasteiger partial charge on any atom is -0.493 e. The lowest BCUT2D eigenvalue weighted by Crippen LogP contribution is -2.33. The number of hydrogen-bond acceptors (Lipinski definition) is 3. The first-order valence-electron chi connectivity index (χ1n) is 9.12. The molecule has 4 heteroatoms. The zero-order chi connectivity index (χ0) is 17.5. The van der Waals surface area contributed by atoms with E-state index in [1.165, 1.54) is 19.3 Å². The van der Waals surface area contributed by atoms with Crippen LogP contribution in [-0.2, 0) is 4.79 Å². The second-order valence-corrected chi connectivity index (χ2v) is 7.18. The number of amides is 1. The Kier molecular flexibility index (Phi) is 6.95. The summed E-state index contributed by atoms with van der Waals surface area (Å²) in [5, 5.41) is 3.15. The Labute approximate surface area is 145 Å². The van der Waals surface area contributed by atoms with E-state index >= 15 is 0 Å². The Morgan fingerprint density at radius 2 is 1.88 bits per heavy atom. The summed E-state index contributed by atoms with van der Waals surface area (Å²) in [6, 6.07) is 5.86. The molecule has 24 heavy (non-hydrogen) atoms. The van der Waals surface area contributed by atoms with Gasteiger partial charge in [-0.1, -0.05) is 39.2 Å². The van der Waals surface area contributed by atoms with Crippen LogP contribution in [0.5, 0.6) is 11.5 Å². The molecule has 1 N–H and O–H groups in total. The normalized spacial score (nSPS) is 16.7. The highest BCUT2D eigenvalue weighted by atomic mass is 16.5. The summed E-state index contributed by atoms with van der Waals surface area (Å²) in [7, 11) is 1.65. The van der Waals surface area contributed by atoms with Crippen LogP contribution in [-0.4, -0.2) is 19.6 Å². The highest BCUT2D eigenvalue weighted by Crippen LogP contribution is 2.31. The minimum atomic E-state index is -0.0347. The van der Waals surface area contributed by atoms with Gasteiger partial charge in [-0.3, -0.25) is 4.79 Å². The molecular weight excluding hydrogens is 302 g/mol. The van der Waals surface area contributed by atoms with Gasteiger partial charge in [-0.25, -0.2) is 0 Å². The maximum Gasteiger partial charge on any atom is 0.223 e. The number of benzene rings is 1. The fraction of sp³-hybridized carbons (Fsp3) is 0.650. The van der Waals surface area contributed by atoms with E-state index in [1.807, 2.05) is 25.1 Å². The molecule has 1 atom stereocenters. The van der Waals surface area contributed by atoms with Crippen molar-refractivity contribution in [1.29, 1.82) is 0 Å². The van der Waals surface area contributed by atoms with E-state index in [2.05, 4.69) is 19.2 Å². The van der Waals surface area contributed by atoms with Gasteiger partial charge < -0.3 is 14.8 Å². The van der Waals surface area contributed by atoms with Gasteiger partial charge in [0.2, 0.25) is 5.91 Å². The van der Waals surface area contributed by atoms with Crippen molar-refractivity contribution >= 4 is 5.91 Å². The zero-order valence-corrected chi connectivity index (χ0v) is 15.4. The van der Waals surface area contributed by atoms with Gasteiger partial charge in [0.15, 0.2) is 11.5 Å². The average molecular weight is 333 g/mol. The lowest BCUT2D eigenvalue weighted by atomic mass is 9.88. The molecule has 1 fully saturated rings. The van der Waals surface area contributed by atoms with Gasteiger partial charge >= 0.3 is 0 Å². The van der Waals surface area contributed by atoms with Gasteiger partial charge in [-0.05, 0) is 43.4 Å². The third-order valence-corrected chi connectivity index (χ3v) is 4.59. The Morgan fingerprint density at radius 3 is 2.50 bits per heavy atom. The predicted octanol–water partition coefficient (Wildman–Crippen LogP) is 4.49. The second kappa shape index (κ2) is 8.95. The van der Waals surface area contributed by atoms with Gasteiger partial charge in [-0.15, -0.1) is 0 Å². The standard InChI is InChI=1S/C20H31NO3/c1-14(2)13-24-18-11-10-17(12-19(18)23-4)15(3)21-20(22)16-8-6-5-7-9-16/h10-12,14-16H,5-9,13H2,1-4H3,(H,21,22). The molecule has 0 bridgehead atoms. The lowest BCUT2D eigenvalue weighted by Gasteiger charge is -2.24. The van der Waals surface area contributed by atoms with E-state index in [0.717, 1.165) is 24.2 Å². The van der Waals surface area contributed by atoms with Crippen molar-refractivity contribution in [2.45, 2.75) is 58.9 Å². The number of ether oxygens (including phenoxy) is 2. The van der Waals surface area contributed by atoms with Crippen molar-refractivity contribution < 1.29 is 14.3 Å². The number of hydrogen-bond donors (Lipinski definition) is 1. The summed E-state index contributed by atoms with van der Waals surface area (Å²) in [5.41, 5.74) is 1.04. The Bertz CT molecular complexity index is 536. The highest BCUT2D eigenvalue weighted by molar-refractivity contribution is 5.79. The fourth-order valence-corrected chi connectivity index (χ4v) is 3.11. The second-order valence-electron chi connectivity index (χ2n) is 7.18. The first-order chi connectivity index (χ1) is 11.5. The summed E-state index contributed by atoms with van der Waals surface area (Å²) in [5.74, 6) is 2.29. The molecule has 1 saturated carbocycles. The molecule has 0 saturated heterocycles. The summed E-state index contributed by atoms with van der Waals surface area (Å²) in [6.45, 7) is 6.90. The van der Waals surface area contributed by atoms with Crippen LogP contribution in [0.1, 0.15) is 64.5 Å². The van der Waals surface area contributed by atoms with Crippen molar-refractivity contribution in [1.82, 2.24) is 5.32 Å². The summed E-state index contributed by atoms with van der Waals surface area (Å²) in [6.07, 6.45) is 5.63. The third-order valence-electron chi connectivity index (χ3n) is 4.59. The fourth-order valence-electron chi connectivity index (χ4n) is 3.11. The van der Waals surface area contributed by atoms with Crippen LogP contribution in [0, 0.1) is 11.8 Å². The molecule has 1 amide bonds. The van der Waals surface area contributed by atoms with Crippen LogP contribution in [0.3, 0.4) is 0 Å². The topological polar surface area (TPSA) is 47.6 Å². The smallest absolute Gasteiger partial charge is 0.223 e. The third kappa shape index (κ3) is 5.15. The van der Waals surface area contributed by atoms with Gasteiger partial charge in [-0.2, -0.15) is 0 Å². The Hall–Kier alpha value is -1.71. The van der Waals surface area contributed by atoms with Crippen molar-refractivity contribution in [3.8, 4) is 11.5 Å². The van der Waals surface area contributed by atoms with Crippen molar-refractivity contribution in [3.05, 3.63) is 23.8 Å². The van der Waals surface area contributed by atoms with Gasteiger partial charge in [0.1, 0.15) is 0 Å². The molecule has 0 radical (unpaired) electrons. The van der Waals surface area contributed by atoms with E-state index in [9.17, 15) is 4.79 Å². The zero-order valence-electron chi connectivity index (χ0n) is 15.4. The molecule has 2 rings (SSSR count). The lowest BCUT2D eigenvalue weighted by molar-refractivity contribution is -0.126. The first kappa shape index (κ1) is 18.6. The molecule has 4 nitrogen and oxygen atoms in total. The Balaban J connectivity index is 2.00. The minimum absolute atomic E-state index is 0.0347. The van der Waals surface area contributed by atoms with Crippen molar-refractivity contribution in [3.63, 3.8) is 0 Å². The molecule has 0 aliphatic heterocycles.